The quantitative estimate of drug-likeness (QED) is 0.533. The van der Waals surface area contributed by atoms with Gasteiger partial charge in [0.25, 0.3) is 0 Å². The minimum Gasteiger partial charge on any atom is -0.378 e. The van der Waals surface area contributed by atoms with Gasteiger partial charge in [0.2, 0.25) is 11.8 Å². The van der Waals surface area contributed by atoms with E-state index in [1.807, 2.05) is 18.2 Å². The average Bonchev–Trinajstić information content (AvgIpc) is 2.63. The normalized spacial score (nSPS) is 14.4. The SMILES string of the molecule is O=C(CSCC(=O)N1CCOCC1)NCCCSc1ccccc1. The Morgan fingerprint density at radius 1 is 1.12 bits per heavy atom. The van der Waals surface area contributed by atoms with Gasteiger partial charge in [0, 0.05) is 24.5 Å². The molecule has 0 bridgehead atoms. The summed E-state index contributed by atoms with van der Waals surface area (Å²) in [6.45, 7) is 3.21. The Morgan fingerprint density at radius 3 is 2.62 bits per heavy atom. The molecular weight excluding hydrogens is 344 g/mol. The van der Waals surface area contributed by atoms with Crippen molar-refractivity contribution in [3.63, 3.8) is 0 Å². The van der Waals surface area contributed by atoms with Crippen molar-refractivity contribution in [3.8, 4) is 0 Å². The maximum atomic E-state index is 11.9. The van der Waals surface area contributed by atoms with E-state index in [0.717, 1.165) is 12.2 Å². The fraction of sp³-hybridized carbons (Fsp3) is 0.529. The number of hydrogen-bond acceptors (Lipinski definition) is 5. The third kappa shape index (κ3) is 7.59. The monoisotopic (exact) mass is 368 g/mol. The molecule has 1 aliphatic rings. The maximum Gasteiger partial charge on any atom is 0.232 e. The van der Waals surface area contributed by atoms with Crippen LogP contribution in [0.1, 0.15) is 6.42 Å². The van der Waals surface area contributed by atoms with Crippen LogP contribution < -0.4 is 5.32 Å². The van der Waals surface area contributed by atoms with Crippen molar-refractivity contribution in [2.24, 2.45) is 0 Å². The number of hydrogen-bond donors (Lipinski definition) is 1. The van der Waals surface area contributed by atoms with Gasteiger partial charge in [-0.3, -0.25) is 9.59 Å². The lowest BCUT2D eigenvalue weighted by molar-refractivity contribution is -0.132. The first-order valence-electron chi connectivity index (χ1n) is 8.13. The highest BCUT2D eigenvalue weighted by Crippen LogP contribution is 2.17. The standard InChI is InChI=1S/C17H24N2O3S2/c20-16(13-23-14-17(21)19-8-10-22-11-9-19)18-7-4-12-24-15-5-2-1-3-6-15/h1-3,5-6H,4,7-14H2,(H,18,20). The van der Waals surface area contributed by atoms with Crippen molar-refractivity contribution in [1.29, 1.82) is 0 Å². The number of thioether (sulfide) groups is 2. The van der Waals surface area contributed by atoms with Crippen molar-refractivity contribution < 1.29 is 14.3 Å². The van der Waals surface area contributed by atoms with Gasteiger partial charge < -0.3 is 15.0 Å². The minimum absolute atomic E-state index is 0.000474. The Morgan fingerprint density at radius 2 is 1.88 bits per heavy atom. The lowest BCUT2D eigenvalue weighted by Gasteiger charge is -2.26. The summed E-state index contributed by atoms with van der Waals surface area (Å²) in [5.41, 5.74) is 0. The van der Waals surface area contributed by atoms with Crippen molar-refractivity contribution in [1.82, 2.24) is 10.2 Å². The number of ether oxygens (including phenoxy) is 1. The number of nitrogens with zero attached hydrogens (tertiary/aromatic N) is 1. The number of carbonyl (C=O) groups excluding carboxylic acids is 2. The topological polar surface area (TPSA) is 58.6 Å². The molecule has 1 fully saturated rings. The molecule has 0 spiro atoms. The van der Waals surface area contributed by atoms with E-state index in [9.17, 15) is 9.59 Å². The fourth-order valence-electron chi connectivity index (χ4n) is 2.19. The molecule has 1 N–H and O–H groups in total. The smallest absolute Gasteiger partial charge is 0.232 e. The Bertz CT molecular complexity index is 508. The zero-order valence-electron chi connectivity index (χ0n) is 13.7. The third-order valence-corrected chi connectivity index (χ3v) is 5.49. The second-order valence-corrected chi connectivity index (χ2v) is 7.50. The molecule has 0 aliphatic carbocycles. The Hall–Kier alpha value is -1.18. The summed E-state index contributed by atoms with van der Waals surface area (Å²) in [4.78, 5) is 26.7. The van der Waals surface area contributed by atoms with Crippen LogP contribution in [-0.4, -0.2) is 66.8 Å². The molecule has 1 aromatic rings. The molecule has 0 aromatic heterocycles. The van der Waals surface area contributed by atoms with Gasteiger partial charge in [-0.15, -0.1) is 23.5 Å². The van der Waals surface area contributed by atoms with Gasteiger partial charge in [-0.2, -0.15) is 0 Å². The van der Waals surface area contributed by atoms with E-state index in [-0.39, 0.29) is 11.8 Å². The first-order chi connectivity index (χ1) is 11.8. The molecule has 1 saturated heterocycles. The number of rotatable bonds is 9. The van der Waals surface area contributed by atoms with E-state index in [2.05, 4.69) is 17.4 Å². The third-order valence-electron chi connectivity index (χ3n) is 3.48. The van der Waals surface area contributed by atoms with Gasteiger partial charge in [-0.1, -0.05) is 18.2 Å². The lowest BCUT2D eigenvalue weighted by Crippen LogP contribution is -2.41. The van der Waals surface area contributed by atoms with Gasteiger partial charge in [-0.25, -0.2) is 0 Å². The van der Waals surface area contributed by atoms with Crippen LogP contribution in [0.2, 0.25) is 0 Å². The summed E-state index contributed by atoms with van der Waals surface area (Å²) in [5, 5.41) is 2.90. The predicted octanol–water partition coefficient (Wildman–Crippen LogP) is 1.88. The van der Waals surface area contributed by atoms with Crippen LogP contribution in [0.4, 0.5) is 0 Å². The summed E-state index contributed by atoms with van der Waals surface area (Å²) in [6, 6.07) is 10.2. The van der Waals surface area contributed by atoms with E-state index in [1.165, 1.54) is 16.7 Å². The maximum absolute atomic E-state index is 11.9. The molecule has 1 heterocycles. The number of nitrogens with one attached hydrogen (secondary N) is 1. The Labute approximate surface area is 151 Å². The summed E-state index contributed by atoms with van der Waals surface area (Å²) in [6.07, 6.45) is 0.933. The molecule has 0 radical (unpaired) electrons. The Kier molecular flexibility index (Phi) is 9.09. The molecule has 24 heavy (non-hydrogen) atoms. The van der Waals surface area contributed by atoms with Gasteiger partial charge in [0.05, 0.1) is 24.7 Å². The summed E-state index contributed by atoms with van der Waals surface area (Å²) >= 11 is 3.17. The first-order valence-corrected chi connectivity index (χ1v) is 10.3. The average molecular weight is 369 g/mol. The van der Waals surface area contributed by atoms with Crippen LogP contribution in [0.5, 0.6) is 0 Å². The van der Waals surface area contributed by atoms with Crippen molar-refractivity contribution in [3.05, 3.63) is 30.3 Å². The van der Waals surface area contributed by atoms with E-state index >= 15 is 0 Å². The molecule has 0 unspecified atom stereocenters. The number of morpholine rings is 1. The summed E-state index contributed by atoms with van der Waals surface area (Å²) < 4.78 is 5.22. The molecule has 0 saturated carbocycles. The zero-order chi connectivity index (χ0) is 17.0. The van der Waals surface area contributed by atoms with Crippen molar-refractivity contribution in [2.75, 3.05) is 50.1 Å². The van der Waals surface area contributed by atoms with Crippen LogP contribution in [0.3, 0.4) is 0 Å². The predicted molar refractivity (Wildman–Crippen MR) is 99.5 cm³/mol. The summed E-state index contributed by atoms with van der Waals surface area (Å²) in [5.74, 6) is 1.77. The molecule has 2 amide bonds. The number of benzene rings is 1. The molecule has 0 atom stereocenters. The van der Waals surface area contributed by atoms with Gasteiger partial charge in [-0.05, 0) is 24.3 Å². The lowest BCUT2D eigenvalue weighted by atomic mass is 10.4. The van der Waals surface area contributed by atoms with E-state index in [1.54, 1.807) is 16.7 Å². The van der Waals surface area contributed by atoms with Crippen LogP contribution in [0.25, 0.3) is 0 Å². The van der Waals surface area contributed by atoms with Gasteiger partial charge >= 0.3 is 0 Å². The van der Waals surface area contributed by atoms with Crippen LogP contribution in [0.15, 0.2) is 35.2 Å². The largest absolute Gasteiger partial charge is 0.378 e. The molecule has 7 heteroatoms. The van der Waals surface area contributed by atoms with Crippen LogP contribution in [-0.2, 0) is 14.3 Å². The van der Waals surface area contributed by atoms with E-state index in [0.29, 0.717) is 44.4 Å². The summed E-state index contributed by atoms with van der Waals surface area (Å²) in [7, 11) is 0. The second kappa shape index (κ2) is 11.4. The molecular formula is C17H24N2O3S2. The van der Waals surface area contributed by atoms with Crippen LogP contribution >= 0.6 is 23.5 Å². The zero-order valence-corrected chi connectivity index (χ0v) is 15.4. The van der Waals surface area contributed by atoms with E-state index in [4.69, 9.17) is 4.74 Å². The van der Waals surface area contributed by atoms with E-state index < -0.39 is 0 Å². The molecule has 2 rings (SSSR count). The highest BCUT2D eigenvalue weighted by molar-refractivity contribution is 8.00. The fourth-order valence-corrected chi connectivity index (χ4v) is 3.81. The molecule has 1 aliphatic heterocycles. The Balaban J connectivity index is 1.47. The highest BCUT2D eigenvalue weighted by atomic mass is 32.2. The molecule has 1 aromatic carbocycles. The van der Waals surface area contributed by atoms with Gasteiger partial charge in [0.15, 0.2) is 0 Å². The first kappa shape index (κ1) is 19.1. The second-order valence-electron chi connectivity index (χ2n) is 5.35. The van der Waals surface area contributed by atoms with Crippen LogP contribution in [0, 0.1) is 0 Å². The minimum atomic E-state index is -0.000474. The molecule has 132 valence electrons. The molecule has 5 nitrogen and oxygen atoms in total. The highest BCUT2D eigenvalue weighted by Gasteiger charge is 2.16. The number of carbonyl (C=O) groups is 2. The number of amides is 2. The van der Waals surface area contributed by atoms with Crippen molar-refractivity contribution >= 4 is 35.3 Å². The van der Waals surface area contributed by atoms with Gasteiger partial charge in [0.1, 0.15) is 0 Å². The van der Waals surface area contributed by atoms with Crippen molar-refractivity contribution in [2.45, 2.75) is 11.3 Å².